The maximum absolute atomic E-state index is 7.36. The van der Waals surface area contributed by atoms with E-state index in [4.69, 9.17) is 11.1 Å². The highest BCUT2D eigenvalue weighted by atomic mass is 15.1. The molecule has 0 aliphatic heterocycles. The smallest absolute Gasteiger partial charge is 0.0947 e. The molecule has 0 aromatic carbocycles. The minimum atomic E-state index is 0.191. The van der Waals surface area contributed by atoms with Gasteiger partial charge in [-0.3, -0.25) is 5.41 Å². The van der Waals surface area contributed by atoms with Crippen molar-refractivity contribution < 1.29 is 0 Å². The quantitative estimate of drug-likeness (QED) is 0.351. The van der Waals surface area contributed by atoms with Gasteiger partial charge in [0.25, 0.3) is 0 Å². The molecule has 3 nitrogen and oxygen atoms in total. The van der Waals surface area contributed by atoms with E-state index in [1.165, 1.54) is 25.7 Å². The lowest BCUT2D eigenvalue weighted by molar-refractivity contribution is 0.265. The number of unbranched alkanes of at least 4 members (excludes halogenated alkanes) is 3. The number of hydrogen-bond donors (Lipinski definition) is 2. The summed E-state index contributed by atoms with van der Waals surface area (Å²) in [7, 11) is 0. The minimum absolute atomic E-state index is 0.191. The van der Waals surface area contributed by atoms with Crippen molar-refractivity contribution in [3.63, 3.8) is 0 Å². The molecule has 0 aliphatic carbocycles. The van der Waals surface area contributed by atoms with Crippen LogP contribution in [0.4, 0.5) is 0 Å². The minimum Gasteiger partial charge on any atom is -0.387 e. The molecule has 0 spiro atoms. The highest BCUT2D eigenvalue weighted by molar-refractivity contribution is 5.79. The fraction of sp³-hybridized carbons (Fsp3) is 0.917. The molecule has 0 aromatic rings. The van der Waals surface area contributed by atoms with Gasteiger partial charge in [-0.2, -0.15) is 0 Å². The Morgan fingerprint density at radius 2 is 1.93 bits per heavy atom. The van der Waals surface area contributed by atoms with Gasteiger partial charge in [0.05, 0.1) is 5.84 Å². The molecule has 0 saturated carbocycles. The molecule has 0 aromatic heterocycles. The zero-order valence-corrected chi connectivity index (χ0v) is 10.6. The Labute approximate surface area is 94.5 Å². The summed E-state index contributed by atoms with van der Waals surface area (Å²) in [6.07, 6.45) is 5.21. The molecule has 0 bridgehead atoms. The summed E-state index contributed by atoms with van der Waals surface area (Å²) in [6, 6.07) is 0. The first kappa shape index (κ1) is 14.4. The van der Waals surface area contributed by atoms with Crippen LogP contribution >= 0.6 is 0 Å². The predicted octanol–water partition coefficient (Wildman–Crippen LogP) is 2.46. The van der Waals surface area contributed by atoms with Crippen molar-refractivity contribution >= 4 is 5.84 Å². The van der Waals surface area contributed by atoms with Gasteiger partial charge >= 0.3 is 0 Å². The Balaban J connectivity index is 3.67. The molecule has 0 radical (unpaired) electrons. The summed E-state index contributed by atoms with van der Waals surface area (Å²) in [5, 5.41) is 7.36. The maximum atomic E-state index is 7.36. The van der Waals surface area contributed by atoms with Crippen molar-refractivity contribution in [3.8, 4) is 0 Å². The van der Waals surface area contributed by atoms with E-state index in [0.29, 0.717) is 5.84 Å². The number of nitrogens with one attached hydrogen (secondary N) is 1. The second-order valence-corrected chi connectivity index (χ2v) is 4.31. The standard InChI is InChI=1S/C12H27N3/c1-4-6-7-8-9-15(5-2)10-11(3)12(13)14/h11H,4-10H2,1-3H3,(H3,13,14). The van der Waals surface area contributed by atoms with E-state index >= 15 is 0 Å². The van der Waals surface area contributed by atoms with Crippen LogP contribution in [0.1, 0.15) is 46.5 Å². The third kappa shape index (κ3) is 7.37. The van der Waals surface area contributed by atoms with Crippen molar-refractivity contribution in [1.29, 1.82) is 5.41 Å². The largest absolute Gasteiger partial charge is 0.387 e. The monoisotopic (exact) mass is 213 g/mol. The second kappa shape index (κ2) is 8.72. The summed E-state index contributed by atoms with van der Waals surface area (Å²) in [5.41, 5.74) is 5.47. The molecule has 0 aliphatic rings. The van der Waals surface area contributed by atoms with E-state index in [-0.39, 0.29) is 5.92 Å². The summed E-state index contributed by atoms with van der Waals surface area (Å²) < 4.78 is 0. The van der Waals surface area contributed by atoms with Gasteiger partial charge in [0.2, 0.25) is 0 Å². The summed E-state index contributed by atoms with van der Waals surface area (Å²) in [6.45, 7) is 9.56. The van der Waals surface area contributed by atoms with Crippen LogP contribution in [0.25, 0.3) is 0 Å². The number of hydrogen-bond acceptors (Lipinski definition) is 2. The zero-order valence-electron chi connectivity index (χ0n) is 10.6. The van der Waals surface area contributed by atoms with Gasteiger partial charge in [-0.1, -0.05) is 40.0 Å². The fourth-order valence-corrected chi connectivity index (χ4v) is 1.63. The Kier molecular flexibility index (Phi) is 8.38. The first-order chi connectivity index (χ1) is 7.11. The second-order valence-electron chi connectivity index (χ2n) is 4.31. The van der Waals surface area contributed by atoms with Crippen LogP contribution in [-0.4, -0.2) is 30.4 Å². The van der Waals surface area contributed by atoms with E-state index in [0.717, 1.165) is 19.6 Å². The predicted molar refractivity (Wildman–Crippen MR) is 67.3 cm³/mol. The molecule has 3 N–H and O–H groups in total. The Hall–Kier alpha value is -0.570. The zero-order chi connectivity index (χ0) is 11.7. The number of nitrogens with zero attached hydrogens (tertiary/aromatic N) is 1. The molecular formula is C12H27N3. The van der Waals surface area contributed by atoms with Crippen molar-refractivity contribution in [2.75, 3.05) is 19.6 Å². The van der Waals surface area contributed by atoms with E-state index in [1.807, 2.05) is 6.92 Å². The van der Waals surface area contributed by atoms with Crippen LogP contribution < -0.4 is 5.73 Å². The third-order valence-electron chi connectivity index (χ3n) is 2.84. The Bertz CT molecular complexity index is 168. The molecule has 1 atom stereocenters. The molecule has 0 heterocycles. The lowest BCUT2D eigenvalue weighted by atomic mass is 10.1. The first-order valence-electron chi connectivity index (χ1n) is 6.18. The lowest BCUT2D eigenvalue weighted by Crippen LogP contribution is -2.35. The van der Waals surface area contributed by atoms with Crippen molar-refractivity contribution in [3.05, 3.63) is 0 Å². The van der Waals surface area contributed by atoms with Crippen LogP contribution in [0.2, 0.25) is 0 Å². The molecule has 0 rings (SSSR count). The van der Waals surface area contributed by atoms with E-state index in [1.54, 1.807) is 0 Å². The van der Waals surface area contributed by atoms with Crippen LogP contribution in [0, 0.1) is 11.3 Å². The average Bonchev–Trinajstić information content (AvgIpc) is 2.22. The molecule has 0 amide bonds. The summed E-state index contributed by atoms with van der Waals surface area (Å²) in [5.74, 6) is 0.498. The fourth-order valence-electron chi connectivity index (χ4n) is 1.63. The average molecular weight is 213 g/mol. The highest BCUT2D eigenvalue weighted by Gasteiger charge is 2.10. The van der Waals surface area contributed by atoms with E-state index in [9.17, 15) is 0 Å². The molecule has 0 saturated heterocycles. The number of rotatable bonds is 9. The SMILES string of the molecule is CCCCCCN(CC)CC(C)C(=N)N. The third-order valence-corrected chi connectivity index (χ3v) is 2.84. The van der Waals surface area contributed by atoms with Crippen LogP contribution in [0.15, 0.2) is 0 Å². The molecule has 3 heteroatoms. The highest BCUT2D eigenvalue weighted by Crippen LogP contribution is 2.04. The normalized spacial score (nSPS) is 13.1. The van der Waals surface area contributed by atoms with Gasteiger partial charge in [-0.05, 0) is 19.5 Å². The van der Waals surface area contributed by atoms with Gasteiger partial charge in [0, 0.05) is 12.5 Å². The van der Waals surface area contributed by atoms with Crippen LogP contribution in [-0.2, 0) is 0 Å². The van der Waals surface area contributed by atoms with E-state index < -0.39 is 0 Å². The van der Waals surface area contributed by atoms with Crippen molar-refractivity contribution in [1.82, 2.24) is 4.90 Å². The maximum Gasteiger partial charge on any atom is 0.0947 e. The van der Waals surface area contributed by atoms with Gasteiger partial charge in [0.15, 0.2) is 0 Å². The van der Waals surface area contributed by atoms with Crippen molar-refractivity contribution in [2.45, 2.75) is 46.5 Å². The van der Waals surface area contributed by atoms with Gasteiger partial charge in [-0.15, -0.1) is 0 Å². The van der Waals surface area contributed by atoms with Gasteiger partial charge in [0.1, 0.15) is 0 Å². The molecular weight excluding hydrogens is 186 g/mol. The molecule has 15 heavy (non-hydrogen) atoms. The number of nitrogens with two attached hydrogens (primary N) is 1. The Morgan fingerprint density at radius 3 is 2.40 bits per heavy atom. The van der Waals surface area contributed by atoms with E-state index in [2.05, 4.69) is 18.7 Å². The first-order valence-corrected chi connectivity index (χ1v) is 6.18. The van der Waals surface area contributed by atoms with Crippen molar-refractivity contribution in [2.24, 2.45) is 11.7 Å². The van der Waals surface area contributed by atoms with Gasteiger partial charge < -0.3 is 10.6 Å². The number of amidine groups is 1. The topological polar surface area (TPSA) is 53.1 Å². The lowest BCUT2D eigenvalue weighted by Gasteiger charge is -2.23. The summed E-state index contributed by atoms with van der Waals surface area (Å²) >= 11 is 0. The van der Waals surface area contributed by atoms with Crippen LogP contribution in [0.5, 0.6) is 0 Å². The molecule has 1 unspecified atom stereocenters. The Morgan fingerprint density at radius 1 is 1.27 bits per heavy atom. The molecule has 0 fully saturated rings. The summed E-state index contributed by atoms with van der Waals surface area (Å²) in [4.78, 5) is 2.39. The molecule has 90 valence electrons. The van der Waals surface area contributed by atoms with Crippen LogP contribution in [0.3, 0.4) is 0 Å². The van der Waals surface area contributed by atoms with Gasteiger partial charge in [-0.25, -0.2) is 0 Å².